The lowest BCUT2D eigenvalue weighted by Crippen LogP contribution is -2.41. The Balaban J connectivity index is 1.29. The van der Waals surface area contributed by atoms with Crippen LogP contribution < -0.4 is 5.32 Å². The molecule has 0 saturated carbocycles. The lowest BCUT2D eigenvalue weighted by atomic mass is 9.88. The molecule has 0 amide bonds. The minimum Gasteiger partial charge on any atom is -0.314 e. The molecule has 1 atom stereocenters. The molecule has 0 spiro atoms. The highest BCUT2D eigenvalue weighted by atomic mass is 15.2. The maximum Gasteiger partial charge on any atom is 0.00967 e. The topological polar surface area (TPSA) is 18.5 Å². The molecule has 3 aliphatic heterocycles. The Bertz CT molecular complexity index is 246. The molecular formula is C16H31N3. The van der Waals surface area contributed by atoms with Crippen molar-refractivity contribution in [2.24, 2.45) is 5.92 Å². The molecule has 0 radical (unpaired) electrons. The van der Waals surface area contributed by atoms with Gasteiger partial charge in [0.2, 0.25) is 0 Å². The van der Waals surface area contributed by atoms with Crippen LogP contribution in [0.3, 0.4) is 0 Å². The van der Waals surface area contributed by atoms with Gasteiger partial charge in [0.25, 0.3) is 0 Å². The molecule has 0 aromatic heterocycles. The van der Waals surface area contributed by atoms with Gasteiger partial charge < -0.3 is 15.1 Å². The second kappa shape index (κ2) is 7.05. The quantitative estimate of drug-likeness (QED) is 0.819. The normalized spacial score (nSPS) is 31.3. The largest absolute Gasteiger partial charge is 0.314 e. The summed E-state index contributed by atoms with van der Waals surface area (Å²) in [6.07, 6.45) is 9.94. The lowest BCUT2D eigenvalue weighted by Gasteiger charge is -2.35. The SMILES string of the molecule is C1CNC(C2CCN(CCCN3CCCC3)CC2)C1. The van der Waals surface area contributed by atoms with E-state index < -0.39 is 0 Å². The van der Waals surface area contributed by atoms with Gasteiger partial charge in [0.05, 0.1) is 0 Å². The molecule has 0 aromatic carbocycles. The van der Waals surface area contributed by atoms with Crippen molar-refractivity contribution in [1.82, 2.24) is 15.1 Å². The molecule has 1 unspecified atom stereocenters. The molecule has 0 aromatic rings. The van der Waals surface area contributed by atoms with Crippen LogP contribution in [0, 0.1) is 5.92 Å². The van der Waals surface area contributed by atoms with E-state index >= 15 is 0 Å². The average molecular weight is 265 g/mol. The van der Waals surface area contributed by atoms with Crippen LogP contribution in [-0.4, -0.2) is 61.7 Å². The number of rotatable bonds is 5. The van der Waals surface area contributed by atoms with Crippen LogP contribution in [0.1, 0.15) is 44.9 Å². The van der Waals surface area contributed by atoms with Crippen LogP contribution in [0.25, 0.3) is 0 Å². The molecule has 3 heteroatoms. The Labute approximate surface area is 118 Å². The maximum atomic E-state index is 3.70. The van der Waals surface area contributed by atoms with E-state index in [9.17, 15) is 0 Å². The van der Waals surface area contributed by atoms with E-state index in [4.69, 9.17) is 0 Å². The number of nitrogens with zero attached hydrogens (tertiary/aromatic N) is 2. The highest BCUT2D eigenvalue weighted by molar-refractivity contribution is 4.85. The van der Waals surface area contributed by atoms with E-state index in [0.717, 1.165) is 12.0 Å². The zero-order chi connectivity index (χ0) is 12.9. The van der Waals surface area contributed by atoms with Crippen molar-refractivity contribution in [2.75, 3.05) is 45.8 Å². The number of nitrogens with one attached hydrogen (secondary N) is 1. The van der Waals surface area contributed by atoms with Crippen molar-refractivity contribution in [3.05, 3.63) is 0 Å². The lowest BCUT2D eigenvalue weighted by molar-refractivity contribution is 0.157. The Kier molecular flexibility index (Phi) is 5.14. The third-order valence-corrected chi connectivity index (χ3v) is 5.45. The zero-order valence-electron chi connectivity index (χ0n) is 12.4. The molecule has 3 aliphatic rings. The van der Waals surface area contributed by atoms with Crippen LogP contribution in [0.15, 0.2) is 0 Å². The summed E-state index contributed by atoms with van der Waals surface area (Å²) in [5, 5.41) is 3.70. The molecule has 0 aliphatic carbocycles. The molecular weight excluding hydrogens is 234 g/mol. The van der Waals surface area contributed by atoms with E-state index in [0.29, 0.717) is 0 Å². The standard InChI is InChI=1S/C16H31N3/c1-2-10-18(9-1)11-4-12-19-13-6-15(7-14-19)16-5-3-8-17-16/h15-17H,1-14H2. The van der Waals surface area contributed by atoms with Crippen molar-refractivity contribution in [2.45, 2.75) is 51.0 Å². The number of hydrogen-bond donors (Lipinski definition) is 1. The molecule has 3 saturated heterocycles. The Hall–Kier alpha value is -0.120. The van der Waals surface area contributed by atoms with Crippen LogP contribution in [0.5, 0.6) is 0 Å². The van der Waals surface area contributed by atoms with Gasteiger partial charge in [-0.05, 0) is 96.7 Å². The van der Waals surface area contributed by atoms with Gasteiger partial charge in [0, 0.05) is 6.04 Å². The van der Waals surface area contributed by atoms with Crippen molar-refractivity contribution >= 4 is 0 Å². The highest BCUT2D eigenvalue weighted by Crippen LogP contribution is 2.25. The van der Waals surface area contributed by atoms with Gasteiger partial charge in [-0.25, -0.2) is 0 Å². The van der Waals surface area contributed by atoms with Crippen molar-refractivity contribution in [1.29, 1.82) is 0 Å². The van der Waals surface area contributed by atoms with Gasteiger partial charge in [-0.1, -0.05) is 0 Å². The van der Waals surface area contributed by atoms with Crippen LogP contribution in [-0.2, 0) is 0 Å². The Morgan fingerprint density at radius 1 is 0.789 bits per heavy atom. The molecule has 110 valence electrons. The van der Waals surface area contributed by atoms with Gasteiger partial charge in [-0.15, -0.1) is 0 Å². The maximum absolute atomic E-state index is 3.70. The van der Waals surface area contributed by atoms with E-state index in [1.165, 1.54) is 90.8 Å². The summed E-state index contributed by atoms with van der Waals surface area (Å²) < 4.78 is 0. The van der Waals surface area contributed by atoms with Gasteiger partial charge in [-0.2, -0.15) is 0 Å². The van der Waals surface area contributed by atoms with E-state index in [1.54, 1.807) is 0 Å². The van der Waals surface area contributed by atoms with Crippen LogP contribution >= 0.6 is 0 Å². The predicted molar refractivity (Wildman–Crippen MR) is 80.5 cm³/mol. The second-order valence-corrected chi connectivity index (χ2v) is 6.78. The summed E-state index contributed by atoms with van der Waals surface area (Å²) in [7, 11) is 0. The molecule has 1 N–H and O–H groups in total. The van der Waals surface area contributed by atoms with Gasteiger partial charge in [-0.3, -0.25) is 0 Å². The minimum absolute atomic E-state index is 0.853. The smallest absolute Gasteiger partial charge is 0.00967 e. The molecule has 3 heterocycles. The first kappa shape index (κ1) is 13.8. The summed E-state index contributed by atoms with van der Waals surface area (Å²) in [6.45, 7) is 9.35. The fraction of sp³-hybridized carbons (Fsp3) is 1.00. The molecule has 0 bridgehead atoms. The fourth-order valence-electron chi connectivity index (χ4n) is 4.22. The third kappa shape index (κ3) is 3.93. The van der Waals surface area contributed by atoms with E-state index in [2.05, 4.69) is 15.1 Å². The van der Waals surface area contributed by atoms with Crippen LogP contribution in [0.2, 0.25) is 0 Å². The Morgan fingerprint density at radius 3 is 2.11 bits per heavy atom. The first-order valence-corrected chi connectivity index (χ1v) is 8.60. The summed E-state index contributed by atoms with van der Waals surface area (Å²) in [5.41, 5.74) is 0. The Morgan fingerprint density at radius 2 is 1.47 bits per heavy atom. The zero-order valence-corrected chi connectivity index (χ0v) is 12.4. The van der Waals surface area contributed by atoms with E-state index in [-0.39, 0.29) is 0 Å². The average Bonchev–Trinajstić information content (AvgIpc) is 3.13. The summed E-state index contributed by atoms with van der Waals surface area (Å²) in [4.78, 5) is 5.36. The third-order valence-electron chi connectivity index (χ3n) is 5.45. The summed E-state index contributed by atoms with van der Waals surface area (Å²) in [5.74, 6) is 0.970. The minimum atomic E-state index is 0.853. The van der Waals surface area contributed by atoms with Gasteiger partial charge in [0.15, 0.2) is 0 Å². The fourth-order valence-corrected chi connectivity index (χ4v) is 4.22. The molecule has 3 rings (SSSR count). The first-order chi connectivity index (χ1) is 9.42. The second-order valence-electron chi connectivity index (χ2n) is 6.78. The number of hydrogen-bond acceptors (Lipinski definition) is 3. The first-order valence-electron chi connectivity index (χ1n) is 8.60. The number of piperidine rings is 1. The van der Waals surface area contributed by atoms with Gasteiger partial charge >= 0.3 is 0 Å². The highest BCUT2D eigenvalue weighted by Gasteiger charge is 2.28. The van der Waals surface area contributed by atoms with Crippen molar-refractivity contribution in [3.8, 4) is 0 Å². The summed E-state index contributed by atoms with van der Waals surface area (Å²) >= 11 is 0. The predicted octanol–water partition coefficient (Wildman–Crippen LogP) is 1.94. The number of likely N-dealkylation sites (tertiary alicyclic amines) is 2. The molecule has 3 fully saturated rings. The molecule has 3 nitrogen and oxygen atoms in total. The van der Waals surface area contributed by atoms with E-state index in [1.807, 2.05) is 0 Å². The van der Waals surface area contributed by atoms with Crippen LogP contribution in [0.4, 0.5) is 0 Å². The summed E-state index contributed by atoms with van der Waals surface area (Å²) in [6, 6.07) is 0.853. The van der Waals surface area contributed by atoms with Crippen molar-refractivity contribution in [3.63, 3.8) is 0 Å². The van der Waals surface area contributed by atoms with Crippen molar-refractivity contribution < 1.29 is 0 Å². The monoisotopic (exact) mass is 265 g/mol. The van der Waals surface area contributed by atoms with Gasteiger partial charge in [0.1, 0.15) is 0 Å². The molecule has 19 heavy (non-hydrogen) atoms.